The molecule has 0 saturated heterocycles. The lowest BCUT2D eigenvalue weighted by molar-refractivity contribution is 0.269. The molecule has 0 fully saturated rings. The van der Waals surface area contributed by atoms with E-state index >= 15 is 0 Å². The summed E-state index contributed by atoms with van der Waals surface area (Å²) in [6.07, 6.45) is 0. The van der Waals surface area contributed by atoms with Crippen LogP contribution in [-0.4, -0.2) is 6.61 Å². The van der Waals surface area contributed by atoms with Gasteiger partial charge in [-0.2, -0.15) is 0 Å². The zero-order valence-corrected chi connectivity index (χ0v) is 16.7. The number of halogens is 2. The number of aryl methyl sites for hydroxylation is 1. The van der Waals surface area contributed by atoms with Crippen molar-refractivity contribution in [3.8, 4) is 11.5 Å². The summed E-state index contributed by atoms with van der Waals surface area (Å²) >= 11 is 6.47. The highest BCUT2D eigenvalue weighted by Gasteiger charge is 2.13. The van der Waals surface area contributed by atoms with E-state index in [1.807, 2.05) is 31.2 Å². The average molecular weight is 400 g/mol. The van der Waals surface area contributed by atoms with Gasteiger partial charge >= 0.3 is 0 Å². The van der Waals surface area contributed by atoms with Crippen LogP contribution < -0.4 is 14.8 Å². The van der Waals surface area contributed by atoms with Crippen LogP contribution in [0, 0.1) is 12.7 Å². The molecule has 3 aromatic rings. The van der Waals surface area contributed by atoms with Crippen LogP contribution in [0.3, 0.4) is 0 Å². The molecule has 0 spiro atoms. The maximum atomic E-state index is 13.0. The van der Waals surface area contributed by atoms with Crippen LogP contribution >= 0.6 is 11.6 Å². The van der Waals surface area contributed by atoms with Gasteiger partial charge in [0.15, 0.2) is 11.5 Å². The topological polar surface area (TPSA) is 30.5 Å². The van der Waals surface area contributed by atoms with Gasteiger partial charge in [-0.1, -0.05) is 41.4 Å². The molecule has 0 atom stereocenters. The minimum absolute atomic E-state index is 0.276. The van der Waals surface area contributed by atoms with E-state index < -0.39 is 0 Å². The molecule has 0 aliphatic heterocycles. The summed E-state index contributed by atoms with van der Waals surface area (Å²) in [4.78, 5) is 0. The molecule has 0 unspecified atom stereocenters. The number of ether oxygens (including phenoxy) is 2. The second-order valence-electron chi connectivity index (χ2n) is 6.47. The highest BCUT2D eigenvalue weighted by atomic mass is 35.5. The number of nitrogens with one attached hydrogen (secondary N) is 1. The summed E-state index contributed by atoms with van der Waals surface area (Å²) < 4.78 is 24.7. The molecular formula is C23H23ClFNO2. The zero-order chi connectivity index (χ0) is 19.9. The first-order chi connectivity index (χ1) is 13.5. The van der Waals surface area contributed by atoms with E-state index in [0.717, 1.165) is 16.8 Å². The molecule has 0 amide bonds. The van der Waals surface area contributed by atoms with Crippen molar-refractivity contribution < 1.29 is 13.9 Å². The van der Waals surface area contributed by atoms with Gasteiger partial charge in [-0.05, 0) is 61.4 Å². The predicted molar refractivity (Wildman–Crippen MR) is 112 cm³/mol. The normalized spacial score (nSPS) is 10.6. The van der Waals surface area contributed by atoms with Crippen LogP contribution in [-0.2, 0) is 13.2 Å². The van der Waals surface area contributed by atoms with E-state index in [1.165, 1.54) is 17.7 Å². The number of rotatable bonds is 8. The molecule has 3 rings (SSSR count). The SMILES string of the molecule is CCOc1cc(CNc2ccc(C)cc2)cc(Cl)c1OCc1ccc(F)cc1. The quantitative estimate of drug-likeness (QED) is 0.477. The van der Waals surface area contributed by atoms with Gasteiger partial charge in [-0.3, -0.25) is 0 Å². The Morgan fingerprint density at radius 2 is 1.64 bits per heavy atom. The molecule has 3 aromatic carbocycles. The van der Waals surface area contributed by atoms with Gasteiger partial charge in [0, 0.05) is 12.2 Å². The van der Waals surface area contributed by atoms with Gasteiger partial charge in [0.2, 0.25) is 0 Å². The summed E-state index contributed by atoms with van der Waals surface area (Å²) in [5, 5.41) is 3.86. The van der Waals surface area contributed by atoms with Crippen LogP contribution in [0.25, 0.3) is 0 Å². The van der Waals surface area contributed by atoms with E-state index in [-0.39, 0.29) is 12.4 Å². The van der Waals surface area contributed by atoms with Crippen LogP contribution in [0.5, 0.6) is 11.5 Å². The van der Waals surface area contributed by atoms with E-state index in [4.69, 9.17) is 21.1 Å². The number of hydrogen-bond donors (Lipinski definition) is 1. The number of anilines is 1. The molecule has 0 saturated carbocycles. The Labute approximate surface area is 170 Å². The van der Waals surface area contributed by atoms with Crippen molar-refractivity contribution in [2.75, 3.05) is 11.9 Å². The largest absolute Gasteiger partial charge is 0.490 e. The molecule has 0 heterocycles. The van der Waals surface area contributed by atoms with E-state index in [1.54, 1.807) is 12.1 Å². The Hall–Kier alpha value is -2.72. The molecule has 5 heteroatoms. The maximum Gasteiger partial charge on any atom is 0.180 e. The monoisotopic (exact) mass is 399 g/mol. The molecule has 28 heavy (non-hydrogen) atoms. The maximum absolute atomic E-state index is 13.0. The van der Waals surface area contributed by atoms with Crippen molar-refractivity contribution in [2.45, 2.75) is 27.0 Å². The smallest absolute Gasteiger partial charge is 0.180 e. The number of hydrogen-bond acceptors (Lipinski definition) is 3. The lowest BCUT2D eigenvalue weighted by Gasteiger charge is -2.16. The highest BCUT2D eigenvalue weighted by molar-refractivity contribution is 6.32. The van der Waals surface area contributed by atoms with Gasteiger partial charge < -0.3 is 14.8 Å². The minimum Gasteiger partial charge on any atom is -0.490 e. The third kappa shape index (κ3) is 5.40. The molecule has 3 nitrogen and oxygen atoms in total. The predicted octanol–water partition coefficient (Wildman–Crippen LogP) is 6.38. The Morgan fingerprint density at radius 1 is 0.929 bits per heavy atom. The van der Waals surface area contributed by atoms with Gasteiger partial charge in [-0.25, -0.2) is 4.39 Å². The average Bonchev–Trinajstić information content (AvgIpc) is 2.68. The standard InChI is InChI=1S/C23H23ClFNO2/c1-3-27-22-13-18(14-26-20-10-4-16(2)5-11-20)12-21(24)23(22)28-15-17-6-8-19(25)9-7-17/h4-13,26H,3,14-15H2,1-2H3. The van der Waals surface area contributed by atoms with Crippen molar-refractivity contribution in [3.63, 3.8) is 0 Å². The molecule has 0 bridgehead atoms. The van der Waals surface area contributed by atoms with Crippen LogP contribution in [0.1, 0.15) is 23.6 Å². The molecule has 1 N–H and O–H groups in total. The summed E-state index contributed by atoms with van der Waals surface area (Å²) in [5.41, 5.74) is 4.10. The Bertz CT molecular complexity index is 911. The first kappa shape index (κ1) is 20.0. The molecule has 0 aliphatic carbocycles. The lowest BCUT2D eigenvalue weighted by Crippen LogP contribution is -2.04. The van der Waals surface area contributed by atoms with E-state index in [0.29, 0.717) is 29.7 Å². The summed E-state index contributed by atoms with van der Waals surface area (Å²) in [6, 6.07) is 18.2. The van der Waals surface area contributed by atoms with Gasteiger partial charge in [0.1, 0.15) is 12.4 Å². The molecule has 0 aromatic heterocycles. The van der Waals surface area contributed by atoms with Crippen LogP contribution in [0.4, 0.5) is 10.1 Å². The van der Waals surface area contributed by atoms with Gasteiger partial charge in [0.25, 0.3) is 0 Å². The summed E-state index contributed by atoms with van der Waals surface area (Å²) in [5.74, 6) is 0.812. The zero-order valence-electron chi connectivity index (χ0n) is 16.0. The first-order valence-corrected chi connectivity index (χ1v) is 9.56. The third-order valence-electron chi connectivity index (χ3n) is 4.21. The molecule has 0 radical (unpaired) electrons. The van der Waals surface area contributed by atoms with Crippen molar-refractivity contribution in [3.05, 3.63) is 88.2 Å². The Morgan fingerprint density at radius 3 is 2.32 bits per heavy atom. The lowest BCUT2D eigenvalue weighted by atomic mass is 10.1. The summed E-state index contributed by atoms with van der Waals surface area (Å²) in [6.45, 7) is 5.36. The fraction of sp³-hybridized carbons (Fsp3) is 0.217. The van der Waals surface area contributed by atoms with Crippen LogP contribution in [0.15, 0.2) is 60.7 Å². The molecule has 0 aliphatic rings. The van der Waals surface area contributed by atoms with Crippen molar-refractivity contribution >= 4 is 17.3 Å². The fourth-order valence-electron chi connectivity index (χ4n) is 2.74. The second kappa shape index (κ2) is 9.47. The second-order valence-corrected chi connectivity index (χ2v) is 6.88. The molecule has 146 valence electrons. The van der Waals surface area contributed by atoms with E-state index in [2.05, 4.69) is 24.4 Å². The van der Waals surface area contributed by atoms with Crippen molar-refractivity contribution in [2.24, 2.45) is 0 Å². The van der Waals surface area contributed by atoms with Crippen LogP contribution in [0.2, 0.25) is 5.02 Å². The molecular weight excluding hydrogens is 377 g/mol. The minimum atomic E-state index is -0.276. The van der Waals surface area contributed by atoms with Gasteiger partial charge in [0.05, 0.1) is 11.6 Å². The number of benzene rings is 3. The Balaban J connectivity index is 1.73. The third-order valence-corrected chi connectivity index (χ3v) is 4.49. The van der Waals surface area contributed by atoms with E-state index in [9.17, 15) is 4.39 Å². The van der Waals surface area contributed by atoms with Gasteiger partial charge in [-0.15, -0.1) is 0 Å². The van der Waals surface area contributed by atoms with Crippen molar-refractivity contribution in [1.29, 1.82) is 0 Å². The Kier molecular flexibility index (Phi) is 6.77. The first-order valence-electron chi connectivity index (χ1n) is 9.18. The highest BCUT2D eigenvalue weighted by Crippen LogP contribution is 2.37. The summed E-state index contributed by atoms with van der Waals surface area (Å²) in [7, 11) is 0. The fourth-order valence-corrected chi connectivity index (χ4v) is 3.03. The van der Waals surface area contributed by atoms with Crippen molar-refractivity contribution in [1.82, 2.24) is 0 Å².